The molecular formula is C16H15NO4S. The number of nitrogens with two attached hydrogens (primary N) is 1. The molecule has 0 amide bonds. The van der Waals surface area contributed by atoms with Crippen LogP contribution >= 0.6 is 11.3 Å². The lowest BCUT2D eigenvalue weighted by Crippen LogP contribution is -2.04. The summed E-state index contributed by atoms with van der Waals surface area (Å²) >= 11 is 1.26. The number of hydrogen-bond donors (Lipinski definition) is 1. The van der Waals surface area contributed by atoms with Gasteiger partial charge >= 0.3 is 5.97 Å². The van der Waals surface area contributed by atoms with Crippen molar-refractivity contribution in [2.75, 3.05) is 19.5 Å². The normalized spacial score (nSPS) is 10.8. The Morgan fingerprint density at radius 3 is 2.91 bits per heavy atom. The molecule has 0 radical (unpaired) electrons. The summed E-state index contributed by atoms with van der Waals surface area (Å²) in [6.45, 7) is 2.07. The summed E-state index contributed by atoms with van der Waals surface area (Å²) in [7, 11) is 1.60. The van der Waals surface area contributed by atoms with Gasteiger partial charge in [-0.1, -0.05) is 12.1 Å². The molecule has 0 unspecified atom stereocenters. The number of rotatable bonds is 4. The van der Waals surface area contributed by atoms with Crippen molar-refractivity contribution in [1.29, 1.82) is 0 Å². The predicted molar refractivity (Wildman–Crippen MR) is 86.4 cm³/mol. The van der Waals surface area contributed by atoms with E-state index in [0.717, 1.165) is 10.3 Å². The van der Waals surface area contributed by atoms with Crippen LogP contribution in [0, 0.1) is 0 Å². The number of ether oxygens (including phenoxy) is 2. The Labute approximate surface area is 131 Å². The summed E-state index contributed by atoms with van der Waals surface area (Å²) in [5, 5.41) is 0.930. The lowest BCUT2D eigenvalue weighted by Gasteiger charge is -1.98. The van der Waals surface area contributed by atoms with Gasteiger partial charge in [-0.3, -0.25) is 0 Å². The van der Waals surface area contributed by atoms with Gasteiger partial charge < -0.3 is 19.6 Å². The highest BCUT2D eigenvalue weighted by molar-refractivity contribution is 7.17. The number of methoxy groups -OCH3 is 1. The Kier molecular flexibility index (Phi) is 3.77. The van der Waals surface area contributed by atoms with Crippen LogP contribution in [0.1, 0.15) is 16.6 Å². The Morgan fingerprint density at radius 1 is 1.36 bits per heavy atom. The first-order valence-corrected chi connectivity index (χ1v) is 7.59. The first-order chi connectivity index (χ1) is 10.6. The van der Waals surface area contributed by atoms with Crippen LogP contribution in [0.5, 0.6) is 5.75 Å². The molecule has 114 valence electrons. The van der Waals surface area contributed by atoms with Gasteiger partial charge in [-0.05, 0) is 25.1 Å². The van der Waals surface area contributed by atoms with Gasteiger partial charge in [0.15, 0.2) is 11.3 Å². The summed E-state index contributed by atoms with van der Waals surface area (Å²) in [5.41, 5.74) is 6.97. The van der Waals surface area contributed by atoms with Crippen LogP contribution in [0.15, 0.2) is 34.7 Å². The number of benzene rings is 1. The van der Waals surface area contributed by atoms with Crippen molar-refractivity contribution in [2.45, 2.75) is 6.92 Å². The number of thiophene rings is 1. The third-order valence-electron chi connectivity index (χ3n) is 3.19. The van der Waals surface area contributed by atoms with Crippen molar-refractivity contribution in [3.63, 3.8) is 0 Å². The van der Waals surface area contributed by atoms with Crippen molar-refractivity contribution in [2.24, 2.45) is 0 Å². The Morgan fingerprint density at radius 2 is 2.18 bits per heavy atom. The number of fused-ring (bicyclic) bond motifs is 1. The topological polar surface area (TPSA) is 74.7 Å². The maximum absolute atomic E-state index is 11.8. The van der Waals surface area contributed by atoms with Gasteiger partial charge in [-0.2, -0.15) is 0 Å². The average Bonchev–Trinajstić information content (AvgIpc) is 3.10. The molecule has 3 rings (SSSR count). The highest BCUT2D eigenvalue weighted by Crippen LogP contribution is 2.38. The summed E-state index contributed by atoms with van der Waals surface area (Å²) in [4.78, 5) is 13.0. The molecule has 0 fully saturated rings. The maximum Gasteiger partial charge on any atom is 0.350 e. The molecule has 0 aliphatic rings. The zero-order chi connectivity index (χ0) is 15.7. The molecule has 2 aromatic heterocycles. The van der Waals surface area contributed by atoms with Gasteiger partial charge in [0, 0.05) is 5.39 Å². The summed E-state index contributed by atoms with van der Waals surface area (Å²) in [6, 6.07) is 9.29. The number of furan rings is 1. The van der Waals surface area contributed by atoms with Crippen LogP contribution in [0.4, 0.5) is 5.69 Å². The second-order valence-corrected chi connectivity index (χ2v) is 5.66. The number of para-hydroxylation sites is 1. The largest absolute Gasteiger partial charge is 0.493 e. The van der Waals surface area contributed by atoms with Crippen LogP contribution in [-0.2, 0) is 4.74 Å². The second kappa shape index (κ2) is 5.73. The molecule has 22 heavy (non-hydrogen) atoms. The van der Waals surface area contributed by atoms with E-state index in [1.165, 1.54) is 11.3 Å². The quantitative estimate of drug-likeness (QED) is 0.738. The minimum Gasteiger partial charge on any atom is -0.493 e. The van der Waals surface area contributed by atoms with Crippen molar-refractivity contribution in [3.05, 3.63) is 35.2 Å². The molecule has 0 atom stereocenters. The molecule has 6 heteroatoms. The minimum atomic E-state index is -0.412. The first kappa shape index (κ1) is 14.5. The van der Waals surface area contributed by atoms with E-state index in [4.69, 9.17) is 19.6 Å². The number of carbonyl (C=O) groups is 1. The van der Waals surface area contributed by atoms with Gasteiger partial charge in [0.05, 0.1) is 24.3 Å². The van der Waals surface area contributed by atoms with Gasteiger partial charge in [-0.25, -0.2) is 4.79 Å². The Bertz CT molecular complexity index is 834. The zero-order valence-electron chi connectivity index (χ0n) is 12.2. The molecule has 2 N–H and O–H groups in total. The lowest BCUT2D eigenvalue weighted by molar-refractivity contribution is 0.0533. The highest BCUT2D eigenvalue weighted by atomic mass is 32.1. The van der Waals surface area contributed by atoms with Crippen LogP contribution in [0.25, 0.3) is 21.6 Å². The Balaban J connectivity index is 2.05. The first-order valence-electron chi connectivity index (χ1n) is 6.77. The Hall–Kier alpha value is -2.47. The van der Waals surface area contributed by atoms with Crippen molar-refractivity contribution in [1.82, 2.24) is 0 Å². The molecule has 5 nitrogen and oxygen atoms in total. The van der Waals surface area contributed by atoms with Crippen LogP contribution in [0.3, 0.4) is 0 Å². The second-order valence-electron chi connectivity index (χ2n) is 4.60. The number of nitrogen functional groups attached to an aromatic ring is 1. The van der Waals surface area contributed by atoms with E-state index in [9.17, 15) is 4.79 Å². The zero-order valence-corrected chi connectivity index (χ0v) is 13.0. The lowest BCUT2D eigenvalue weighted by atomic mass is 10.2. The summed E-state index contributed by atoms with van der Waals surface area (Å²) < 4.78 is 16.1. The van der Waals surface area contributed by atoms with E-state index in [1.807, 2.05) is 24.3 Å². The van der Waals surface area contributed by atoms with Crippen LogP contribution in [0.2, 0.25) is 0 Å². The van der Waals surface area contributed by atoms with Crippen LogP contribution < -0.4 is 10.5 Å². The molecular weight excluding hydrogens is 302 g/mol. The summed E-state index contributed by atoms with van der Waals surface area (Å²) in [5.74, 6) is 0.899. The number of esters is 1. The SMILES string of the molecule is CCOC(=O)c1sc(-c2cc3cccc(OC)c3o2)cc1N. The molecule has 3 aromatic rings. The molecule has 0 aliphatic carbocycles. The van der Waals surface area contributed by atoms with E-state index in [-0.39, 0.29) is 0 Å². The molecule has 0 bridgehead atoms. The summed E-state index contributed by atoms with van der Waals surface area (Å²) in [6.07, 6.45) is 0. The number of carbonyl (C=O) groups excluding carboxylic acids is 1. The van der Waals surface area contributed by atoms with Gasteiger partial charge in [0.25, 0.3) is 0 Å². The number of hydrogen-bond acceptors (Lipinski definition) is 6. The minimum absolute atomic E-state index is 0.313. The van der Waals surface area contributed by atoms with Gasteiger partial charge in [0.2, 0.25) is 0 Å². The van der Waals surface area contributed by atoms with E-state index < -0.39 is 5.97 Å². The van der Waals surface area contributed by atoms with E-state index in [2.05, 4.69) is 0 Å². The smallest absolute Gasteiger partial charge is 0.350 e. The predicted octanol–water partition coefficient (Wildman–Crippen LogP) is 3.93. The molecule has 0 spiro atoms. The number of anilines is 1. The molecule has 0 saturated carbocycles. The fraction of sp³-hybridized carbons (Fsp3) is 0.188. The van der Waals surface area contributed by atoms with Crippen molar-refractivity contribution >= 4 is 34.0 Å². The fourth-order valence-corrected chi connectivity index (χ4v) is 3.13. The molecule has 0 aliphatic heterocycles. The average molecular weight is 317 g/mol. The third kappa shape index (κ3) is 2.42. The monoisotopic (exact) mass is 317 g/mol. The van der Waals surface area contributed by atoms with Crippen molar-refractivity contribution in [3.8, 4) is 16.4 Å². The van der Waals surface area contributed by atoms with Crippen LogP contribution in [-0.4, -0.2) is 19.7 Å². The third-order valence-corrected chi connectivity index (χ3v) is 4.34. The molecule has 1 aromatic carbocycles. The highest BCUT2D eigenvalue weighted by Gasteiger charge is 2.19. The van der Waals surface area contributed by atoms with Gasteiger partial charge in [0.1, 0.15) is 10.6 Å². The van der Waals surface area contributed by atoms with Crippen molar-refractivity contribution < 1.29 is 18.7 Å². The van der Waals surface area contributed by atoms with E-state index in [0.29, 0.717) is 34.3 Å². The molecule has 0 saturated heterocycles. The van der Waals surface area contributed by atoms with E-state index >= 15 is 0 Å². The van der Waals surface area contributed by atoms with Gasteiger partial charge in [-0.15, -0.1) is 11.3 Å². The van der Waals surface area contributed by atoms with E-state index in [1.54, 1.807) is 20.1 Å². The standard InChI is InChI=1S/C16H15NO4S/c1-3-20-16(18)15-10(17)8-13(22-15)12-7-9-5-4-6-11(19-2)14(9)21-12/h4-8H,3,17H2,1-2H3. The fourth-order valence-electron chi connectivity index (χ4n) is 2.20. The molecule has 2 heterocycles. The maximum atomic E-state index is 11.8.